The first-order valence-corrected chi connectivity index (χ1v) is 20.0. The van der Waals surface area contributed by atoms with Crippen molar-refractivity contribution in [1.82, 2.24) is 0 Å². The van der Waals surface area contributed by atoms with Gasteiger partial charge in [0.25, 0.3) is 0 Å². The van der Waals surface area contributed by atoms with Gasteiger partial charge in [-0.3, -0.25) is 14.4 Å². The average molecular weight is 731 g/mol. The minimum atomic E-state index is -0.544. The Balaban J connectivity index is 1.19. The van der Waals surface area contributed by atoms with E-state index in [2.05, 4.69) is 48.1 Å². The number of carbonyl (C=O) groups is 4. The summed E-state index contributed by atoms with van der Waals surface area (Å²) < 4.78 is 22.5. The minimum absolute atomic E-state index is 0.0557. The van der Waals surface area contributed by atoms with E-state index >= 15 is 0 Å². The van der Waals surface area contributed by atoms with Crippen molar-refractivity contribution in [3.05, 3.63) is 42.0 Å². The predicted octanol–water partition coefficient (Wildman–Crippen LogP) is 9.68. The molecule has 0 N–H and O–H groups in total. The monoisotopic (exact) mass is 730 g/mol. The topological polar surface area (TPSA) is 105 Å². The van der Waals surface area contributed by atoms with Crippen molar-refractivity contribution in [3.63, 3.8) is 0 Å². The van der Waals surface area contributed by atoms with Gasteiger partial charge in [0.1, 0.15) is 6.10 Å². The molecular formula is C45H62O8. The van der Waals surface area contributed by atoms with Gasteiger partial charge in [0, 0.05) is 37.7 Å². The van der Waals surface area contributed by atoms with Gasteiger partial charge in [-0.15, -0.1) is 0 Å². The molecule has 10 atom stereocenters. The first-order valence-electron chi connectivity index (χ1n) is 20.0. The molecule has 0 spiro atoms. The molecule has 5 aliphatic rings. The van der Waals surface area contributed by atoms with Gasteiger partial charge in [-0.25, -0.2) is 4.79 Å². The van der Waals surface area contributed by atoms with Crippen molar-refractivity contribution in [2.75, 3.05) is 6.61 Å². The molecule has 8 heteroatoms. The molecule has 0 radical (unpaired) electrons. The van der Waals surface area contributed by atoms with Crippen molar-refractivity contribution >= 4 is 30.0 Å². The molecule has 0 aromatic heterocycles. The lowest BCUT2D eigenvalue weighted by atomic mass is 9.32. The molecule has 53 heavy (non-hydrogen) atoms. The van der Waals surface area contributed by atoms with E-state index in [9.17, 15) is 19.2 Å². The van der Waals surface area contributed by atoms with Crippen LogP contribution in [0.4, 0.5) is 0 Å². The van der Waals surface area contributed by atoms with Crippen LogP contribution in [0, 0.1) is 56.7 Å². The molecule has 290 valence electrons. The smallest absolute Gasteiger partial charge is 0.331 e. The molecular weight excluding hydrogens is 668 g/mol. The second kappa shape index (κ2) is 14.0. The highest BCUT2D eigenvalue weighted by molar-refractivity contribution is 5.87. The van der Waals surface area contributed by atoms with Crippen molar-refractivity contribution in [1.29, 1.82) is 0 Å². The second-order valence-electron chi connectivity index (χ2n) is 18.8. The highest BCUT2D eigenvalue weighted by atomic mass is 16.6. The SMILES string of the molecule is C=C(C)[C@H]1CC[C@]2(COC(C)=O)CC[C@@]3(C)[C@@H](CC[C@@H]4[C@@]5(C)CC[C@H](OC(=O)C=Cc6ccc(OC(C)=O)c(OC(C)=O)c6)C(C)(C)[C@H]5CC[C@]43C)[C@@H]12. The lowest BCUT2D eigenvalue weighted by Crippen LogP contribution is -2.67. The maximum absolute atomic E-state index is 13.3. The van der Waals surface area contributed by atoms with Crippen molar-refractivity contribution in [2.45, 2.75) is 133 Å². The zero-order valence-corrected chi connectivity index (χ0v) is 33.6. The van der Waals surface area contributed by atoms with Crippen LogP contribution in [0.15, 0.2) is 36.4 Å². The quantitative estimate of drug-likeness (QED) is 0.113. The van der Waals surface area contributed by atoms with Crippen molar-refractivity contribution in [2.24, 2.45) is 56.7 Å². The third-order valence-electron chi connectivity index (χ3n) is 15.9. The lowest BCUT2D eigenvalue weighted by Gasteiger charge is -2.73. The highest BCUT2D eigenvalue weighted by Gasteiger charge is 2.71. The summed E-state index contributed by atoms with van der Waals surface area (Å²) in [6, 6.07) is 4.79. The van der Waals surface area contributed by atoms with Gasteiger partial charge in [-0.1, -0.05) is 52.8 Å². The normalized spacial score (nSPS) is 38.4. The number of benzene rings is 1. The zero-order valence-electron chi connectivity index (χ0n) is 33.6. The van der Waals surface area contributed by atoms with Crippen LogP contribution in [0.1, 0.15) is 132 Å². The van der Waals surface area contributed by atoms with Gasteiger partial charge in [-0.2, -0.15) is 0 Å². The third kappa shape index (κ3) is 6.68. The number of hydrogen-bond donors (Lipinski definition) is 0. The molecule has 1 aromatic rings. The third-order valence-corrected chi connectivity index (χ3v) is 15.9. The van der Waals surface area contributed by atoms with E-state index < -0.39 is 17.9 Å². The summed E-state index contributed by atoms with van der Waals surface area (Å²) in [4.78, 5) is 48.6. The Bertz CT molecular complexity index is 1690. The second-order valence-corrected chi connectivity index (χ2v) is 18.8. The molecule has 0 bridgehead atoms. The van der Waals surface area contributed by atoms with Crippen LogP contribution in [0.3, 0.4) is 0 Å². The summed E-state index contributed by atoms with van der Waals surface area (Å²) >= 11 is 0. The zero-order chi connectivity index (χ0) is 38.7. The van der Waals surface area contributed by atoms with E-state index in [-0.39, 0.29) is 50.6 Å². The highest BCUT2D eigenvalue weighted by Crippen LogP contribution is 2.77. The summed E-state index contributed by atoms with van der Waals surface area (Å²) in [5, 5.41) is 0. The Labute approximate surface area is 316 Å². The first kappa shape index (κ1) is 39.3. The van der Waals surface area contributed by atoms with Crippen LogP contribution >= 0.6 is 0 Å². The molecule has 0 amide bonds. The fourth-order valence-corrected chi connectivity index (χ4v) is 13.4. The maximum atomic E-state index is 13.3. The average Bonchev–Trinajstić information content (AvgIpc) is 3.45. The van der Waals surface area contributed by atoms with E-state index in [0.29, 0.717) is 41.8 Å². The van der Waals surface area contributed by atoms with Crippen LogP contribution in [-0.2, 0) is 28.7 Å². The first-order chi connectivity index (χ1) is 24.8. The Morgan fingerprint density at radius 1 is 0.755 bits per heavy atom. The minimum Gasteiger partial charge on any atom is -0.465 e. The van der Waals surface area contributed by atoms with Gasteiger partial charge in [0.2, 0.25) is 0 Å². The van der Waals surface area contributed by atoms with Crippen LogP contribution in [0.5, 0.6) is 11.5 Å². The number of allylic oxidation sites excluding steroid dienone is 1. The molecule has 5 fully saturated rings. The van der Waals surface area contributed by atoms with E-state index in [1.165, 1.54) is 51.2 Å². The number of rotatable bonds is 8. The number of hydrogen-bond acceptors (Lipinski definition) is 8. The van der Waals surface area contributed by atoms with Crippen LogP contribution in [0.2, 0.25) is 0 Å². The van der Waals surface area contributed by atoms with Gasteiger partial charge in [0.15, 0.2) is 11.5 Å². The van der Waals surface area contributed by atoms with Crippen LogP contribution < -0.4 is 9.47 Å². The molecule has 0 saturated heterocycles. The molecule has 5 saturated carbocycles. The number of ether oxygens (including phenoxy) is 4. The van der Waals surface area contributed by atoms with Gasteiger partial charge < -0.3 is 18.9 Å². The Morgan fingerprint density at radius 3 is 2.11 bits per heavy atom. The molecule has 6 rings (SSSR count). The number of fused-ring (bicyclic) bond motifs is 7. The van der Waals surface area contributed by atoms with Crippen LogP contribution in [0.25, 0.3) is 6.08 Å². The molecule has 8 nitrogen and oxygen atoms in total. The van der Waals surface area contributed by atoms with E-state index in [4.69, 9.17) is 18.9 Å². The molecule has 0 heterocycles. The molecule has 5 aliphatic carbocycles. The molecule has 0 unspecified atom stereocenters. The van der Waals surface area contributed by atoms with E-state index in [1.807, 2.05) is 0 Å². The van der Waals surface area contributed by atoms with E-state index in [0.717, 1.165) is 38.5 Å². The number of esters is 4. The summed E-state index contributed by atoms with van der Waals surface area (Å²) in [6.07, 6.45) is 14.0. The largest absolute Gasteiger partial charge is 0.465 e. The summed E-state index contributed by atoms with van der Waals surface area (Å²) in [5.74, 6) is 1.17. The molecule has 1 aromatic carbocycles. The summed E-state index contributed by atoms with van der Waals surface area (Å²) in [7, 11) is 0. The van der Waals surface area contributed by atoms with Crippen LogP contribution in [-0.4, -0.2) is 36.6 Å². The standard InChI is InChI=1S/C45H62O8/c1-27(2)32-17-22-45(26-50-28(3)46)24-23-43(9)33(40(32)45)13-15-37-42(8)20-19-38(41(6,7)36(42)18-21-44(37,43)10)53-39(49)16-12-31-11-14-34(51-29(4)47)35(25-31)52-30(5)48/h11-12,14,16,25,32-33,36-38,40H,1,13,15,17-24,26H2,2-10H3/t32-,33+,36-,37-,38+,40-,42+,43+,44-,45-/m1/s1. The van der Waals surface area contributed by atoms with Crippen molar-refractivity contribution in [3.8, 4) is 11.5 Å². The Hall–Kier alpha value is -3.42. The fraction of sp³-hybridized carbons (Fsp3) is 0.689. The number of carbonyl (C=O) groups excluding carboxylic acids is 4. The van der Waals surface area contributed by atoms with Gasteiger partial charge in [0.05, 0.1) is 6.61 Å². The van der Waals surface area contributed by atoms with Crippen molar-refractivity contribution < 1.29 is 38.1 Å². The van der Waals surface area contributed by atoms with Gasteiger partial charge in [-0.05, 0) is 141 Å². The summed E-state index contributed by atoms with van der Waals surface area (Å²) in [5.41, 5.74) is 2.27. The Morgan fingerprint density at radius 2 is 1.45 bits per heavy atom. The predicted molar refractivity (Wildman–Crippen MR) is 204 cm³/mol. The maximum Gasteiger partial charge on any atom is 0.331 e. The molecule has 0 aliphatic heterocycles. The fourth-order valence-electron chi connectivity index (χ4n) is 13.4. The van der Waals surface area contributed by atoms with Gasteiger partial charge >= 0.3 is 23.9 Å². The summed E-state index contributed by atoms with van der Waals surface area (Å²) in [6.45, 7) is 23.8. The lowest BCUT2D eigenvalue weighted by molar-refractivity contribution is -0.251. The van der Waals surface area contributed by atoms with E-state index in [1.54, 1.807) is 31.2 Å². The Kier molecular flexibility index (Phi) is 10.4.